The van der Waals surface area contributed by atoms with Crippen LogP contribution >= 0.6 is 22.9 Å². The average molecular weight is 267 g/mol. The van der Waals surface area contributed by atoms with E-state index < -0.39 is 0 Å². The van der Waals surface area contributed by atoms with Crippen LogP contribution in [-0.2, 0) is 12.4 Å². The topological polar surface area (TPSA) is 16.1 Å². The summed E-state index contributed by atoms with van der Waals surface area (Å²) in [7, 11) is 2.07. The van der Waals surface area contributed by atoms with Gasteiger partial charge in [-0.2, -0.15) is 0 Å². The Labute approximate surface area is 111 Å². The molecule has 2 nitrogen and oxygen atoms in total. The molecule has 0 spiro atoms. The van der Waals surface area contributed by atoms with Crippen molar-refractivity contribution in [1.29, 1.82) is 0 Å². The van der Waals surface area contributed by atoms with Crippen molar-refractivity contribution in [1.82, 2.24) is 4.98 Å². The predicted octanol–water partition coefficient (Wildman–Crippen LogP) is 3.83. The van der Waals surface area contributed by atoms with E-state index in [4.69, 9.17) is 11.6 Å². The maximum Gasteiger partial charge on any atom is 0.0898 e. The van der Waals surface area contributed by atoms with Gasteiger partial charge in [-0.3, -0.25) is 0 Å². The van der Waals surface area contributed by atoms with Crippen molar-refractivity contribution in [3.8, 4) is 0 Å². The van der Waals surface area contributed by atoms with E-state index in [-0.39, 0.29) is 0 Å². The first-order chi connectivity index (χ1) is 8.19. The Bertz CT molecular complexity index is 478. The number of nitrogens with zero attached hydrogens (tertiary/aromatic N) is 2. The largest absolute Gasteiger partial charge is 0.369 e. The number of benzene rings is 1. The van der Waals surface area contributed by atoms with Crippen LogP contribution in [0.4, 0.5) is 5.69 Å². The smallest absolute Gasteiger partial charge is 0.0898 e. The zero-order chi connectivity index (χ0) is 12.3. The lowest BCUT2D eigenvalue weighted by Gasteiger charge is -2.18. The van der Waals surface area contributed by atoms with Gasteiger partial charge in [0.2, 0.25) is 0 Å². The second kappa shape index (κ2) is 5.52. The summed E-state index contributed by atoms with van der Waals surface area (Å²) in [4.78, 5) is 6.65. The fourth-order valence-electron chi connectivity index (χ4n) is 1.65. The van der Waals surface area contributed by atoms with Crippen molar-refractivity contribution in [2.45, 2.75) is 19.3 Å². The standard InChI is InChI=1S/C13H15ClN2S/c1-10-15-12(9-17-10)8-16(2)13-5-3-11(7-14)4-6-13/h3-6,9H,7-8H2,1-2H3. The number of rotatable bonds is 4. The van der Waals surface area contributed by atoms with E-state index in [1.54, 1.807) is 11.3 Å². The minimum Gasteiger partial charge on any atom is -0.369 e. The van der Waals surface area contributed by atoms with Crippen LogP contribution in [0, 0.1) is 6.92 Å². The van der Waals surface area contributed by atoms with Crippen molar-refractivity contribution in [3.63, 3.8) is 0 Å². The van der Waals surface area contributed by atoms with Crippen molar-refractivity contribution < 1.29 is 0 Å². The van der Waals surface area contributed by atoms with Crippen LogP contribution < -0.4 is 4.90 Å². The summed E-state index contributed by atoms with van der Waals surface area (Å²) in [6, 6.07) is 8.31. The molecule has 0 aliphatic rings. The SMILES string of the molecule is Cc1nc(CN(C)c2ccc(CCl)cc2)cs1. The number of aryl methyl sites for hydroxylation is 1. The van der Waals surface area contributed by atoms with E-state index in [0.29, 0.717) is 5.88 Å². The highest BCUT2D eigenvalue weighted by atomic mass is 35.5. The molecule has 0 amide bonds. The van der Waals surface area contributed by atoms with E-state index in [1.165, 1.54) is 5.69 Å². The fourth-order valence-corrected chi connectivity index (χ4v) is 2.44. The summed E-state index contributed by atoms with van der Waals surface area (Å²) in [6.07, 6.45) is 0. The van der Waals surface area contributed by atoms with Gasteiger partial charge in [0, 0.05) is 24.0 Å². The zero-order valence-corrected chi connectivity index (χ0v) is 11.6. The number of alkyl halides is 1. The molecule has 90 valence electrons. The van der Waals surface area contributed by atoms with Crippen molar-refractivity contribution in [3.05, 3.63) is 45.9 Å². The normalized spacial score (nSPS) is 10.5. The highest BCUT2D eigenvalue weighted by molar-refractivity contribution is 7.09. The molecule has 1 aromatic heterocycles. The Morgan fingerprint density at radius 1 is 1.29 bits per heavy atom. The van der Waals surface area contributed by atoms with Gasteiger partial charge in [0.15, 0.2) is 0 Å². The number of aromatic nitrogens is 1. The van der Waals surface area contributed by atoms with Crippen molar-refractivity contribution in [2.24, 2.45) is 0 Å². The van der Waals surface area contributed by atoms with E-state index in [9.17, 15) is 0 Å². The van der Waals surface area contributed by atoms with Gasteiger partial charge < -0.3 is 4.90 Å². The Balaban J connectivity index is 2.06. The molecule has 0 aliphatic heterocycles. The molecule has 1 heterocycles. The molecule has 0 atom stereocenters. The molecule has 17 heavy (non-hydrogen) atoms. The third-order valence-electron chi connectivity index (χ3n) is 2.60. The molecule has 0 N–H and O–H groups in total. The van der Waals surface area contributed by atoms with Crippen molar-refractivity contribution >= 4 is 28.6 Å². The molecule has 0 saturated carbocycles. The lowest BCUT2D eigenvalue weighted by Crippen LogP contribution is -2.16. The number of anilines is 1. The molecule has 0 saturated heterocycles. The van der Waals surface area contributed by atoms with E-state index in [1.807, 2.05) is 6.92 Å². The van der Waals surface area contributed by atoms with Gasteiger partial charge in [0.25, 0.3) is 0 Å². The first-order valence-electron chi connectivity index (χ1n) is 5.46. The molecule has 0 fully saturated rings. The van der Waals surface area contributed by atoms with Crippen LogP contribution in [0.5, 0.6) is 0 Å². The highest BCUT2D eigenvalue weighted by Crippen LogP contribution is 2.18. The minimum absolute atomic E-state index is 0.565. The summed E-state index contributed by atoms with van der Waals surface area (Å²) in [6.45, 7) is 2.87. The molecule has 0 bridgehead atoms. The van der Waals surface area contributed by atoms with Crippen LogP contribution in [0.2, 0.25) is 0 Å². The molecular formula is C13H15ClN2S. The molecule has 0 unspecified atom stereocenters. The third kappa shape index (κ3) is 3.20. The quantitative estimate of drug-likeness (QED) is 0.782. The number of hydrogen-bond acceptors (Lipinski definition) is 3. The van der Waals surface area contributed by atoms with Gasteiger partial charge in [-0.05, 0) is 24.6 Å². The lowest BCUT2D eigenvalue weighted by atomic mass is 10.2. The van der Waals surface area contributed by atoms with Gasteiger partial charge in [-0.15, -0.1) is 22.9 Å². The van der Waals surface area contributed by atoms with E-state index >= 15 is 0 Å². The second-order valence-electron chi connectivity index (χ2n) is 4.01. The zero-order valence-electron chi connectivity index (χ0n) is 9.98. The first-order valence-corrected chi connectivity index (χ1v) is 6.87. The van der Waals surface area contributed by atoms with Crippen LogP contribution in [-0.4, -0.2) is 12.0 Å². The summed E-state index contributed by atoms with van der Waals surface area (Å²) >= 11 is 7.46. The number of thiazole rings is 1. The molecule has 2 rings (SSSR count). The summed E-state index contributed by atoms with van der Waals surface area (Å²) in [5.41, 5.74) is 3.45. The summed E-state index contributed by atoms with van der Waals surface area (Å²) in [5.74, 6) is 0.565. The summed E-state index contributed by atoms with van der Waals surface area (Å²) < 4.78 is 0. The van der Waals surface area contributed by atoms with Gasteiger partial charge in [-0.25, -0.2) is 4.98 Å². The Kier molecular flexibility index (Phi) is 4.02. The van der Waals surface area contributed by atoms with Crippen molar-refractivity contribution in [2.75, 3.05) is 11.9 Å². The van der Waals surface area contributed by atoms with Gasteiger partial charge >= 0.3 is 0 Å². The van der Waals surface area contributed by atoms with Crippen LogP contribution in [0.1, 0.15) is 16.3 Å². The van der Waals surface area contributed by atoms with Crippen LogP contribution in [0.3, 0.4) is 0 Å². The number of halogens is 1. The average Bonchev–Trinajstić information content (AvgIpc) is 2.75. The predicted molar refractivity (Wildman–Crippen MR) is 75.0 cm³/mol. The van der Waals surface area contributed by atoms with E-state index in [0.717, 1.165) is 22.8 Å². The van der Waals surface area contributed by atoms with Crippen LogP contribution in [0.25, 0.3) is 0 Å². The molecule has 0 radical (unpaired) electrons. The molecule has 0 aliphatic carbocycles. The maximum absolute atomic E-state index is 5.77. The van der Waals surface area contributed by atoms with Gasteiger partial charge in [0.05, 0.1) is 17.2 Å². The van der Waals surface area contributed by atoms with Gasteiger partial charge in [0.1, 0.15) is 0 Å². The Hall–Kier alpha value is -1.06. The van der Waals surface area contributed by atoms with E-state index in [2.05, 4.69) is 46.6 Å². The summed E-state index contributed by atoms with van der Waals surface area (Å²) in [5, 5.41) is 3.23. The molecule has 2 aromatic rings. The molecule has 1 aromatic carbocycles. The minimum atomic E-state index is 0.565. The van der Waals surface area contributed by atoms with Gasteiger partial charge in [-0.1, -0.05) is 12.1 Å². The second-order valence-corrected chi connectivity index (χ2v) is 5.34. The fraction of sp³-hybridized carbons (Fsp3) is 0.308. The maximum atomic E-state index is 5.77. The lowest BCUT2D eigenvalue weighted by molar-refractivity contribution is 0.890. The first kappa shape index (κ1) is 12.4. The third-order valence-corrected chi connectivity index (χ3v) is 3.73. The number of hydrogen-bond donors (Lipinski definition) is 0. The molecule has 4 heteroatoms. The highest BCUT2D eigenvalue weighted by Gasteiger charge is 2.04. The Morgan fingerprint density at radius 2 is 2.00 bits per heavy atom. The van der Waals surface area contributed by atoms with Crippen LogP contribution in [0.15, 0.2) is 29.6 Å². The Morgan fingerprint density at radius 3 is 2.53 bits per heavy atom. The monoisotopic (exact) mass is 266 g/mol. The molecular weight excluding hydrogens is 252 g/mol.